The van der Waals surface area contributed by atoms with Crippen molar-refractivity contribution in [2.45, 2.75) is 26.2 Å². The lowest BCUT2D eigenvalue weighted by atomic mass is 9.91. The first-order valence-corrected chi connectivity index (χ1v) is 6.60. The van der Waals surface area contributed by atoms with E-state index in [1.807, 2.05) is 4.90 Å². The number of carbonyl (C=O) groups excluding carboxylic acids is 1. The molecule has 0 aliphatic carbocycles. The molecule has 0 unspecified atom stereocenters. The molecular weight excluding hydrogens is 236 g/mol. The molecule has 1 aliphatic heterocycles. The minimum atomic E-state index is -0.133. The summed E-state index contributed by atoms with van der Waals surface area (Å²) in [5, 5.41) is 7.35. The van der Waals surface area contributed by atoms with Gasteiger partial charge in [0.05, 0.1) is 5.69 Å². The van der Waals surface area contributed by atoms with Crippen molar-refractivity contribution in [2.24, 2.45) is 0 Å². The Kier molecular flexibility index (Phi) is 3.44. The van der Waals surface area contributed by atoms with Gasteiger partial charge in [0.15, 0.2) is 0 Å². The average Bonchev–Trinajstić information content (AvgIpc) is 2.78. The van der Waals surface area contributed by atoms with E-state index in [4.69, 9.17) is 0 Å². The van der Waals surface area contributed by atoms with Gasteiger partial charge in [0.2, 0.25) is 0 Å². The van der Waals surface area contributed by atoms with Gasteiger partial charge in [-0.3, -0.25) is 4.79 Å². The molecule has 6 heteroatoms. The second-order valence-electron chi connectivity index (χ2n) is 5.24. The fourth-order valence-corrected chi connectivity index (χ4v) is 2.68. The minimum absolute atomic E-state index is 0.0754. The zero-order chi connectivity index (χ0) is 12.5. The molecule has 0 radical (unpaired) electrons. The van der Waals surface area contributed by atoms with Crippen LogP contribution in [0.4, 0.5) is 0 Å². The van der Waals surface area contributed by atoms with Gasteiger partial charge < -0.3 is 10.2 Å². The average molecular weight is 254 g/mol. The van der Waals surface area contributed by atoms with Gasteiger partial charge in [-0.15, -0.1) is 5.10 Å². The Labute approximate surface area is 105 Å². The summed E-state index contributed by atoms with van der Waals surface area (Å²) < 4.78 is 3.93. The van der Waals surface area contributed by atoms with Crippen LogP contribution in [0.25, 0.3) is 0 Å². The molecule has 5 nitrogen and oxygen atoms in total. The molecule has 2 heterocycles. The van der Waals surface area contributed by atoms with E-state index in [1.54, 1.807) is 0 Å². The Morgan fingerprint density at radius 2 is 2.00 bits per heavy atom. The van der Waals surface area contributed by atoms with Crippen molar-refractivity contribution in [1.29, 1.82) is 0 Å². The first kappa shape index (κ1) is 12.4. The van der Waals surface area contributed by atoms with E-state index in [9.17, 15) is 4.79 Å². The summed E-state index contributed by atoms with van der Waals surface area (Å²) in [6.45, 7) is 9.42. The highest BCUT2D eigenvalue weighted by Crippen LogP contribution is 2.26. The molecule has 1 N–H and O–H groups in total. The van der Waals surface area contributed by atoms with Crippen molar-refractivity contribution in [3.63, 3.8) is 0 Å². The smallest absolute Gasteiger partial charge is 0.267 e. The van der Waals surface area contributed by atoms with Crippen LogP contribution in [0.15, 0.2) is 0 Å². The molecule has 0 spiro atoms. The van der Waals surface area contributed by atoms with E-state index in [-0.39, 0.29) is 11.3 Å². The monoisotopic (exact) mass is 254 g/mol. The molecule has 1 aromatic heterocycles. The van der Waals surface area contributed by atoms with Gasteiger partial charge in [-0.05, 0) is 11.5 Å². The summed E-state index contributed by atoms with van der Waals surface area (Å²) in [4.78, 5) is 14.9. The van der Waals surface area contributed by atoms with Gasteiger partial charge in [0.25, 0.3) is 5.91 Å². The van der Waals surface area contributed by atoms with Gasteiger partial charge >= 0.3 is 0 Å². The normalized spacial score (nSPS) is 17.2. The van der Waals surface area contributed by atoms with Crippen molar-refractivity contribution in [3.8, 4) is 0 Å². The van der Waals surface area contributed by atoms with Gasteiger partial charge in [-0.25, -0.2) is 0 Å². The first-order valence-electron chi connectivity index (χ1n) is 5.83. The molecule has 1 saturated heterocycles. The summed E-state index contributed by atoms with van der Waals surface area (Å²) in [6, 6.07) is 0. The van der Waals surface area contributed by atoms with Crippen LogP contribution in [0, 0.1) is 0 Å². The molecule has 1 aliphatic rings. The minimum Gasteiger partial charge on any atom is -0.335 e. The molecule has 0 saturated carbocycles. The number of nitrogens with zero attached hydrogens (tertiary/aromatic N) is 3. The van der Waals surface area contributed by atoms with Gasteiger partial charge in [0.1, 0.15) is 4.88 Å². The molecule has 0 aromatic carbocycles. The van der Waals surface area contributed by atoms with Crippen LogP contribution in [0.5, 0.6) is 0 Å². The summed E-state index contributed by atoms with van der Waals surface area (Å²) in [5.41, 5.74) is 0.678. The zero-order valence-corrected chi connectivity index (χ0v) is 11.3. The van der Waals surface area contributed by atoms with E-state index < -0.39 is 0 Å². The van der Waals surface area contributed by atoms with Crippen LogP contribution in [0.2, 0.25) is 0 Å². The Morgan fingerprint density at radius 1 is 1.35 bits per heavy atom. The molecule has 17 heavy (non-hydrogen) atoms. The van der Waals surface area contributed by atoms with Crippen LogP contribution >= 0.6 is 11.5 Å². The van der Waals surface area contributed by atoms with E-state index in [0.717, 1.165) is 31.9 Å². The SMILES string of the molecule is CC(C)(C)c1nnsc1C(=O)N1CCNCC1. The standard InChI is InChI=1S/C11H18N4OS/c1-11(2,3)9-8(17-14-13-9)10(16)15-6-4-12-5-7-15/h12H,4-7H2,1-3H3. The van der Waals surface area contributed by atoms with Crippen molar-refractivity contribution >= 4 is 17.4 Å². The second kappa shape index (κ2) is 4.70. The van der Waals surface area contributed by atoms with Crippen molar-refractivity contribution in [3.05, 3.63) is 10.6 Å². The molecule has 94 valence electrons. The van der Waals surface area contributed by atoms with Crippen molar-refractivity contribution in [2.75, 3.05) is 26.2 Å². The number of piperazine rings is 1. The van der Waals surface area contributed by atoms with Crippen LogP contribution in [0.1, 0.15) is 36.1 Å². The number of rotatable bonds is 1. The summed E-state index contributed by atoms with van der Waals surface area (Å²) in [7, 11) is 0. The zero-order valence-electron chi connectivity index (χ0n) is 10.5. The highest BCUT2D eigenvalue weighted by molar-refractivity contribution is 7.08. The maximum absolute atomic E-state index is 12.4. The van der Waals surface area contributed by atoms with E-state index >= 15 is 0 Å². The molecule has 2 rings (SSSR count). The Bertz CT molecular complexity index is 404. The van der Waals surface area contributed by atoms with Gasteiger partial charge in [0, 0.05) is 31.6 Å². The molecule has 0 atom stereocenters. The van der Waals surface area contributed by atoms with Crippen LogP contribution in [-0.2, 0) is 5.41 Å². The highest BCUT2D eigenvalue weighted by Gasteiger charge is 2.29. The fourth-order valence-electron chi connectivity index (χ4n) is 1.83. The Hall–Kier alpha value is -1.01. The third kappa shape index (κ3) is 2.63. The molecule has 1 amide bonds. The van der Waals surface area contributed by atoms with Crippen molar-refractivity contribution < 1.29 is 4.79 Å². The number of amides is 1. The second-order valence-corrected chi connectivity index (χ2v) is 6.00. The molecule has 0 bridgehead atoms. The summed E-state index contributed by atoms with van der Waals surface area (Å²) in [5.74, 6) is 0.0754. The van der Waals surface area contributed by atoms with Crippen LogP contribution < -0.4 is 5.32 Å². The lowest BCUT2D eigenvalue weighted by Gasteiger charge is -2.27. The molecule has 1 fully saturated rings. The Balaban J connectivity index is 2.22. The molecule has 1 aromatic rings. The van der Waals surface area contributed by atoms with E-state index in [1.165, 1.54) is 11.5 Å². The van der Waals surface area contributed by atoms with Gasteiger partial charge in [-0.1, -0.05) is 25.3 Å². The van der Waals surface area contributed by atoms with E-state index in [2.05, 4.69) is 35.7 Å². The predicted octanol–water partition coefficient (Wildman–Crippen LogP) is 0.881. The summed E-state index contributed by atoms with van der Waals surface area (Å²) in [6.07, 6.45) is 0. The third-order valence-electron chi connectivity index (χ3n) is 2.80. The summed E-state index contributed by atoms with van der Waals surface area (Å²) >= 11 is 1.21. The predicted molar refractivity (Wildman–Crippen MR) is 67.4 cm³/mol. The van der Waals surface area contributed by atoms with Gasteiger partial charge in [-0.2, -0.15) is 0 Å². The number of aromatic nitrogens is 2. The first-order chi connectivity index (χ1) is 8.00. The quantitative estimate of drug-likeness (QED) is 0.808. The lowest BCUT2D eigenvalue weighted by molar-refractivity contribution is 0.0738. The Morgan fingerprint density at radius 3 is 2.59 bits per heavy atom. The number of carbonyl (C=O) groups is 1. The maximum Gasteiger partial charge on any atom is 0.267 e. The van der Waals surface area contributed by atoms with Crippen molar-refractivity contribution in [1.82, 2.24) is 19.8 Å². The third-order valence-corrected chi connectivity index (χ3v) is 3.51. The van der Waals surface area contributed by atoms with Crippen LogP contribution in [-0.4, -0.2) is 46.6 Å². The number of hydrogen-bond acceptors (Lipinski definition) is 5. The number of nitrogens with one attached hydrogen (secondary N) is 1. The number of hydrogen-bond donors (Lipinski definition) is 1. The van der Waals surface area contributed by atoms with Crippen LogP contribution in [0.3, 0.4) is 0 Å². The fraction of sp³-hybridized carbons (Fsp3) is 0.727. The largest absolute Gasteiger partial charge is 0.335 e. The highest BCUT2D eigenvalue weighted by atomic mass is 32.1. The maximum atomic E-state index is 12.4. The van der Waals surface area contributed by atoms with E-state index in [0.29, 0.717) is 4.88 Å². The topological polar surface area (TPSA) is 58.1 Å². The lowest BCUT2D eigenvalue weighted by Crippen LogP contribution is -2.46. The molecular formula is C11H18N4OS.